The van der Waals surface area contributed by atoms with E-state index in [0.29, 0.717) is 12.0 Å². The van der Waals surface area contributed by atoms with Crippen LogP contribution in [0.4, 0.5) is 0 Å². The molecule has 16 heavy (non-hydrogen) atoms. The summed E-state index contributed by atoms with van der Waals surface area (Å²) < 4.78 is 5.08. The maximum absolute atomic E-state index is 5.27. The molecule has 0 aromatic rings. The Bertz CT molecular complexity index is 205. The summed E-state index contributed by atoms with van der Waals surface area (Å²) in [6.45, 7) is 3.81. The van der Waals surface area contributed by atoms with E-state index in [1.807, 2.05) is 0 Å². The lowest BCUT2D eigenvalue weighted by Crippen LogP contribution is -2.44. The highest BCUT2D eigenvalue weighted by Gasteiger charge is 2.13. The Kier molecular flexibility index (Phi) is 6.73. The summed E-state index contributed by atoms with van der Waals surface area (Å²) in [4.78, 5) is 0. The zero-order valence-electron chi connectivity index (χ0n) is 10.4. The third-order valence-electron chi connectivity index (χ3n) is 3.00. The fourth-order valence-electron chi connectivity index (χ4n) is 2.09. The van der Waals surface area contributed by atoms with Gasteiger partial charge in [-0.3, -0.25) is 0 Å². The van der Waals surface area contributed by atoms with Gasteiger partial charge in [-0.2, -0.15) is 0 Å². The SMILES string of the molecule is COCC(C)CNC(=S)NC1CCCCC1. The van der Waals surface area contributed by atoms with E-state index in [2.05, 4.69) is 17.6 Å². The molecule has 4 heteroatoms. The standard InChI is InChI=1S/C12H24N2OS/c1-10(9-15-2)8-13-12(16)14-11-6-4-3-5-7-11/h10-11H,3-9H2,1-2H3,(H2,13,14,16). The highest BCUT2D eigenvalue weighted by molar-refractivity contribution is 7.80. The van der Waals surface area contributed by atoms with E-state index >= 15 is 0 Å². The fourth-order valence-corrected chi connectivity index (χ4v) is 2.34. The van der Waals surface area contributed by atoms with Gasteiger partial charge in [-0.25, -0.2) is 0 Å². The summed E-state index contributed by atoms with van der Waals surface area (Å²) in [5.41, 5.74) is 0. The quantitative estimate of drug-likeness (QED) is 0.725. The third kappa shape index (κ3) is 5.66. The van der Waals surface area contributed by atoms with Crippen LogP contribution in [-0.2, 0) is 4.74 Å². The summed E-state index contributed by atoms with van der Waals surface area (Å²) in [7, 11) is 1.73. The smallest absolute Gasteiger partial charge is 0.166 e. The Hall–Kier alpha value is -0.350. The predicted octanol–water partition coefficient (Wildman–Crippen LogP) is 2.07. The van der Waals surface area contributed by atoms with Gasteiger partial charge in [0.25, 0.3) is 0 Å². The zero-order chi connectivity index (χ0) is 11.8. The van der Waals surface area contributed by atoms with Crippen LogP contribution in [0.5, 0.6) is 0 Å². The Labute approximate surface area is 104 Å². The Balaban J connectivity index is 2.10. The molecular formula is C12H24N2OS. The van der Waals surface area contributed by atoms with Crippen molar-refractivity contribution in [3.63, 3.8) is 0 Å². The molecule has 0 amide bonds. The average Bonchev–Trinajstić information content (AvgIpc) is 2.28. The molecule has 1 unspecified atom stereocenters. The van der Waals surface area contributed by atoms with Gasteiger partial charge in [0.2, 0.25) is 0 Å². The maximum atomic E-state index is 5.27. The van der Waals surface area contributed by atoms with Crippen LogP contribution < -0.4 is 10.6 Å². The van der Waals surface area contributed by atoms with Crippen molar-refractivity contribution in [1.29, 1.82) is 0 Å². The summed E-state index contributed by atoms with van der Waals surface area (Å²) in [6, 6.07) is 0.589. The van der Waals surface area contributed by atoms with Crippen LogP contribution in [0.15, 0.2) is 0 Å². The van der Waals surface area contributed by atoms with Gasteiger partial charge in [-0.05, 0) is 31.0 Å². The monoisotopic (exact) mass is 244 g/mol. The normalized spacial score (nSPS) is 19.1. The van der Waals surface area contributed by atoms with Crippen LogP contribution in [0.2, 0.25) is 0 Å². The van der Waals surface area contributed by atoms with E-state index in [9.17, 15) is 0 Å². The molecule has 0 aromatic heterocycles. The summed E-state index contributed by atoms with van der Waals surface area (Å²) in [5, 5.41) is 7.45. The van der Waals surface area contributed by atoms with Crippen LogP contribution in [-0.4, -0.2) is 31.4 Å². The summed E-state index contributed by atoms with van der Waals surface area (Å²) in [6.07, 6.45) is 6.56. The van der Waals surface area contributed by atoms with E-state index in [1.54, 1.807) is 7.11 Å². The van der Waals surface area contributed by atoms with E-state index < -0.39 is 0 Å². The number of methoxy groups -OCH3 is 1. The van der Waals surface area contributed by atoms with Gasteiger partial charge in [-0.15, -0.1) is 0 Å². The highest BCUT2D eigenvalue weighted by Crippen LogP contribution is 2.17. The highest BCUT2D eigenvalue weighted by atomic mass is 32.1. The number of hydrogen-bond acceptors (Lipinski definition) is 2. The molecule has 0 bridgehead atoms. The first-order valence-electron chi connectivity index (χ1n) is 6.25. The van der Waals surface area contributed by atoms with Gasteiger partial charge in [0.15, 0.2) is 5.11 Å². The van der Waals surface area contributed by atoms with E-state index in [-0.39, 0.29) is 0 Å². The second-order valence-electron chi connectivity index (χ2n) is 4.75. The molecule has 2 N–H and O–H groups in total. The van der Waals surface area contributed by atoms with Crippen molar-refractivity contribution >= 4 is 17.3 Å². The van der Waals surface area contributed by atoms with Crippen LogP contribution in [0.25, 0.3) is 0 Å². The van der Waals surface area contributed by atoms with Crippen LogP contribution in [0.3, 0.4) is 0 Å². The molecule has 0 saturated heterocycles. The number of thiocarbonyl (C=S) groups is 1. The Morgan fingerprint density at radius 3 is 2.69 bits per heavy atom. The Morgan fingerprint density at radius 2 is 2.06 bits per heavy atom. The molecule has 0 heterocycles. The zero-order valence-corrected chi connectivity index (χ0v) is 11.2. The van der Waals surface area contributed by atoms with Gasteiger partial charge in [0.1, 0.15) is 0 Å². The van der Waals surface area contributed by atoms with Gasteiger partial charge >= 0.3 is 0 Å². The second kappa shape index (κ2) is 7.85. The van der Waals surface area contributed by atoms with Crippen LogP contribution >= 0.6 is 12.2 Å². The molecule has 1 atom stereocenters. The third-order valence-corrected chi connectivity index (χ3v) is 3.26. The molecule has 1 saturated carbocycles. The van der Waals surface area contributed by atoms with Crippen molar-refractivity contribution in [3.05, 3.63) is 0 Å². The average molecular weight is 244 g/mol. The Morgan fingerprint density at radius 1 is 1.38 bits per heavy atom. The fraction of sp³-hybridized carbons (Fsp3) is 0.917. The van der Waals surface area contributed by atoms with Crippen molar-refractivity contribution in [3.8, 4) is 0 Å². The lowest BCUT2D eigenvalue weighted by atomic mass is 9.96. The first kappa shape index (κ1) is 13.7. The first-order valence-corrected chi connectivity index (χ1v) is 6.66. The molecule has 0 aliphatic heterocycles. The van der Waals surface area contributed by atoms with Crippen LogP contribution in [0, 0.1) is 5.92 Å². The van der Waals surface area contributed by atoms with Crippen molar-refractivity contribution < 1.29 is 4.74 Å². The molecule has 0 spiro atoms. The topological polar surface area (TPSA) is 33.3 Å². The number of rotatable bonds is 5. The number of hydrogen-bond donors (Lipinski definition) is 2. The minimum atomic E-state index is 0.496. The largest absolute Gasteiger partial charge is 0.384 e. The lowest BCUT2D eigenvalue weighted by molar-refractivity contribution is 0.161. The van der Waals surface area contributed by atoms with E-state index in [0.717, 1.165) is 18.3 Å². The lowest BCUT2D eigenvalue weighted by Gasteiger charge is -2.25. The van der Waals surface area contributed by atoms with Gasteiger partial charge in [0.05, 0.1) is 6.61 Å². The molecule has 1 rings (SSSR count). The minimum absolute atomic E-state index is 0.496. The molecule has 0 radical (unpaired) electrons. The van der Waals surface area contributed by atoms with Crippen molar-refractivity contribution in [2.24, 2.45) is 5.92 Å². The van der Waals surface area contributed by atoms with Gasteiger partial charge in [0, 0.05) is 19.7 Å². The summed E-state index contributed by atoms with van der Waals surface area (Å²) >= 11 is 5.27. The number of ether oxygens (including phenoxy) is 1. The number of nitrogens with one attached hydrogen (secondary N) is 2. The molecule has 0 aromatic carbocycles. The van der Waals surface area contributed by atoms with Crippen molar-refractivity contribution in [2.45, 2.75) is 45.1 Å². The molecule has 94 valence electrons. The molecule has 1 aliphatic rings. The van der Waals surface area contributed by atoms with E-state index in [4.69, 9.17) is 17.0 Å². The predicted molar refractivity (Wildman–Crippen MR) is 71.6 cm³/mol. The second-order valence-corrected chi connectivity index (χ2v) is 5.16. The van der Waals surface area contributed by atoms with E-state index in [1.165, 1.54) is 32.1 Å². The van der Waals surface area contributed by atoms with Crippen LogP contribution in [0.1, 0.15) is 39.0 Å². The minimum Gasteiger partial charge on any atom is -0.384 e. The molecule has 1 aliphatic carbocycles. The van der Waals surface area contributed by atoms with Gasteiger partial charge < -0.3 is 15.4 Å². The summed E-state index contributed by atoms with van der Waals surface area (Å²) in [5.74, 6) is 0.496. The van der Waals surface area contributed by atoms with Gasteiger partial charge in [-0.1, -0.05) is 26.2 Å². The maximum Gasteiger partial charge on any atom is 0.166 e. The molecule has 3 nitrogen and oxygen atoms in total. The van der Waals surface area contributed by atoms with Crippen molar-refractivity contribution in [2.75, 3.05) is 20.3 Å². The first-order chi connectivity index (χ1) is 7.72. The van der Waals surface area contributed by atoms with Crippen molar-refractivity contribution in [1.82, 2.24) is 10.6 Å². The molecule has 1 fully saturated rings. The molecular weight excluding hydrogens is 220 g/mol.